The predicted octanol–water partition coefficient (Wildman–Crippen LogP) is 3.05. The minimum absolute atomic E-state index is 0.0628. The van der Waals surface area contributed by atoms with Gasteiger partial charge in [-0.2, -0.15) is 0 Å². The number of rotatable bonds is 3. The molecule has 0 aliphatic rings. The lowest BCUT2D eigenvalue weighted by atomic mass is 10.0. The van der Waals surface area contributed by atoms with Gasteiger partial charge in [0.05, 0.1) is 17.1 Å². The average molecular weight is 266 g/mol. The van der Waals surface area contributed by atoms with Crippen molar-refractivity contribution in [3.8, 4) is 0 Å². The summed E-state index contributed by atoms with van der Waals surface area (Å²) in [4.78, 5) is 18.9. The molecule has 0 aliphatic heterocycles. The first kappa shape index (κ1) is 12.9. The first-order valence-electron chi connectivity index (χ1n) is 5.89. The van der Waals surface area contributed by atoms with Crippen LogP contribution in [0.3, 0.4) is 0 Å². The molecular formula is C13H16ClN3O. The van der Waals surface area contributed by atoms with Crippen molar-refractivity contribution < 1.29 is 4.79 Å². The van der Waals surface area contributed by atoms with Gasteiger partial charge in [0.15, 0.2) is 0 Å². The van der Waals surface area contributed by atoms with E-state index < -0.39 is 0 Å². The van der Waals surface area contributed by atoms with Crippen LogP contribution in [0.25, 0.3) is 11.0 Å². The van der Waals surface area contributed by atoms with Gasteiger partial charge < -0.3 is 10.3 Å². The number of nitrogens with one attached hydrogen (secondary N) is 2. The number of halogens is 1. The van der Waals surface area contributed by atoms with Crippen LogP contribution in [0.5, 0.6) is 0 Å². The van der Waals surface area contributed by atoms with Crippen molar-refractivity contribution in [3.05, 3.63) is 29.0 Å². The molecule has 2 aromatic rings. The van der Waals surface area contributed by atoms with Gasteiger partial charge >= 0.3 is 0 Å². The Morgan fingerprint density at radius 2 is 2.17 bits per heavy atom. The summed E-state index contributed by atoms with van der Waals surface area (Å²) in [5.74, 6) is 0.953. The Morgan fingerprint density at radius 3 is 2.78 bits per heavy atom. The molecule has 0 aliphatic carbocycles. The Hall–Kier alpha value is -1.55. The summed E-state index contributed by atoms with van der Waals surface area (Å²) in [7, 11) is 0. The number of aromatic amines is 1. The first-order chi connectivity index (χ1) is 8.47. The number of imidazole rings is 1. The van der Waals surface area contributed by atoms with Crippen LogP contribution in [0.4, 0.5) is 0 Å². The normalized spacial score (nSPS) is 12.9. The van der Waals surface area contributed by atoms with Gasteiger partial charge in [-0.1, -0.05) is 25.4 Å². The second-order valence-electron chi connectivity index (χ2n) is 4.71. The van der Waals surface area contributed by atoms with Crippen molar-refractivity contribution in [3.63, 3.8) is 0 Å². The van der Waals surface area contributed by atoms with Crippen LogP contribution in [0.1, 0.15) is 32.6 Å². The zero-order valence-electron chi connectivity index (χ0n) is 10.6. The van der Waals surface area contributed by atoms with Gasteiger partial charge in [0, 0.05) is 11.9 Å². The summed E-state index contributed by atoms with van der Waals surface area (Å²) in [6.07, 6.45) is 0. The maximum absolute atomic E-state index is 11.2. The van der Waals surface area contributed by atoms with Crippen molar-refractivity contribution in [2.75, 3.05) is 0 Å². The van der Waals surface area contributed by atoms with Crippen LogP contribution in [-0.4, -0.2) is 15.9 Å². The number of benzene rings is 1. The van der Waals surface area contributed by atoms with Gasteiger partial charge in [0.25, 0.3) is 0 Å². The zero-order chi connectivity index (χ0) is 13.3. The molecule has 2 N–H and O–H groups in total. The number of hydrogen-bond acceptors (Lipinski definition) is 2. The molecule has 1 atom stereocenters. The van der Waals surface area contributed by atoms with E-state index in [4.69, 9.17) is 11.6 Å². The highest BCUT2D eigenvalue weighted by Gasteiger charge is 2.20. The molecule has 4 nitrogen and oxygen atoms in total. The van der Waals surface area contributed by atoms with E-state index in [0.29, 0.717) is 5.02 Å². The quantitative estimate of drug-likeness (QED) is 0.896. The molecular weight excluding hydrogens is 250 g/mol. The second-order valence-corrected chi connectivity index (χ2v) is 5.14. The fourth-order valence-electron chi connectivity index (χ4n) is 1.92. The molecule has 0 fully saturated rings. The van der Waals surface area contributed by atoms with Crippen LogP contribution >= 0.6 is 11.6 Å². The molecule has 0 spiro atoms. The molecule has 96 valence electrons. The molecule has 0 saturated carbocycles. The number of aromatic nitrogens is 2. The van der Waals surface area contributed by atoms with Crippen molar-refractivity contribution in [1.29, 1.82) is 0 Å². The second kappa shape index (κ2) is 4.98. The molecule has 5 heteroatoms. The Balaban J connectivity index is 2.41. The Kier molecular flexibility index (Phi) is 3.57. The standard InChI is InChI=1S/C13H16ClN3O/c1-7(2)12(15-8(3)18)13-16-10-5-4-9(14)6-11(10)17-13/h4-7,12H,1-3H3,(H,15,18)(H,16,17). The van der Waals surface area contributed by atoms with E-state index in [1.807, 2.05) is 26.0 Å². The van der Waals surface area contributed by atoms with Gasteiger partial charge in [-0.3, -0.25) is 4.79 Å². The molecule has 1 aromatic heterocycles. The fraction of sp³-hybridized carbons (Fsp3) is 0.385. The number of fused-ring (bicyclic) bond motifs is 1. The van der Waals surface area contributed by atoms with Gasteiger partial charge in [0.2, 0.25) is 5.91 Å². The topological polar surface area (TPSA) is 57.8 Å². The molecule has 0 radical (unpaired) electrons. The molecule has 18 heavy (non-hydrogen) atoms. The summed E-state index contributed by atoms with van der Waals surface area (Å²) in [6.45, 7) is 5.59. The third-order valence-electron chi connectivity index (χ3n) is 2.78. The monoisotopic (exact) mass is 265 g/mol. The van der Waals surface area contributed by atoms with E-state index in [1.165, 1.54) is 6.92 Å². The Morgan fingerprint density at radius 1 is 1.44 bits per heavy atom. The van der Waals surface area contributed by atoms with E-state index in [0.717, 1.165) is 16.9 Å². The van der Waals surface area contributed by atoms with Crippen molar-refractivity contribution >= 4 is 28.5 Å². The number of carbonyl (C=O) groups is 1. The van der Waals surface area contributed by atoms with Gasteiger partial charge in [-0.05, 0) is 24.1 Å². The van der Waals surface area contributed by atoms with Gasteiger partial charge in [0.1, 0.15) is 5.82 Å². The Bertz CT molecular complexity index is 577. The highest BCUT2D eigenvalue weighted by atomic mass is 35.5. The highest BCUT2D eigenvalue weighted by molar-refractivity contribution is 6.31. The predicted molar refractivity (Wildman–Crippen MR) is 72.5 cm³/mol. The van der Waals surface area contributed by atoms with Crippen molar-refractivity contribution in [2.45, 2.75) is 26.8 Å². The number of carbonyl (C=O) groups excluding carboxylic acids is 1. The van der Waals surface area contributed by atoms with Crippen LogP contribution < -0.4 is 5.32 Å². The Labute approximate surface area is 111 Å². The molecule has 2 rings (SSSR count). The van der Waals surface area contributed by atoms with Crippen LogP contribution in [0.15, 0.2) is 18.2 Å². The summed E-state index contributed by atoms with van der Waals surface area (Å²) in [5.41, 5.74) is 1.74. The lowest BCUT2D eigenvalue weighted by Crippen LogP contribution is -2.30. The SMILES string of the molecule is CC(=O)NC(c1nc2ccc(Cl)cc2[nH]1)C(C)C. The summed E-state index contributed by atoms with van der Waals surface area (Å²) in [6, 6.07) is 5.38. The largest absolute Gasteiger partial charge is 0.346 e. The summed E-state index contributed by atoms with van der Waals surface area (Å²) >= 11 is 5.94. The summed E-state index contributed by atoms with van der Waals surface area (Å²) in [5, 5.41) is 3.57. The molecule has 0 saturated heterocycles. The van der Waals surface area contributed by atoms with E-state index in [-0.39, 0.29) is 17.9 Å². The van der Waals surface area contributed by atoms with Crippen LogP contribution in [-0.2, 0) is 4.79 Å². The third kappa shape index (κ3) is 2.64. The van der Waals surface area contributed by atoms with E-state index >= 15 is 0 Å². The molecule has 1 heterocycles. The first-order valence-corrected chi connectivity index (χ1v) is 6.27. The molecule has 1 amide bonds. The smallest absolute Gasteiger partial charge is 0.217 e. The third-order valence-corrected chi connectivity index (χ3v) is 3.02. The van der Waals surface area contributed by atoms with E-state index in [9.17, 15) is 4.79 Å². The highest BCUT2D eigenvalue weighted by Crippen LogP contribution is 2.23. The fourth-order valence-corrected chi connectivity index (χ4v) is 2.09. The van der Waals surface area contributed by atoms with Crippen molar-refractivity contribution in [2.24, 2.45) is 5.92 Å². The zero-order valence-corrected chi connectivity index (χ0v) is 11.4. The van der Waals surface area contributed by atoms with E-state index in [1.54, 1.807) is 6.07 Å². The lowest BCUT2D eigenvalue weighted by Gasteiger charge is -2.19. The number of nitrogens with zero attached hydrogens (tertiary/aromatic N) is 1. The minimum atomic E-state index is -0.117. The lowest BCUT2D eigenvalue weighted by molar-refractivity contribution is -0.120. The maximum Gasteiger partial charge on any atom is 0.217 e. The average Bonchev–Trinajstić information content (AvgIpc) is 2.67. The summed E-state index contributed by atoms with van der Waals surface area (Å²) < 4.78 is 0. The molecule has 0 bridgehead atoms. The van der Waals surface area contributed by atoms with Gasteiger partial charge in [-0.25, -0.2) is 4.98 Å². The maximum atomic E-state index is 11.2. The number of H-pyrrole nitrogens is 1. The number of amides is 1. The minimum Gasteiger partial charge on any atom is -0.346 e. The van der Waals surface area contributed by atoms with Crippen molar-refractivity contribution in [1.82, 2.24) is 15.3 Å². The molecule has 1 aromatic carbocycles. The van der Waals surface area contributed by atoms with Crippen LogP contribution in [0.2, 0.25) is 5.02 Å². The van der Waals surface area contributed by atoms with E-state index in [2.05, 4.69) is 15.3 Å². The van der Waals surface area contributed by atoms with Gasteiger partial charge in [-0.15, -0.1) is 0 Å². The number of hydrogen-bond donors (Lipinski definition) is 2. The van der Waals surface area contributed by atoms with Crippen LogP contribution in [0, 0.1) is 5.92 Å². The molecule has 1 unspecified atom stereocenters.